The normalized spacial score (nSPS) is 19.9. The molecular weight excluding hydrogens is 350 g/mol. The fourth-order valence-corrected chi connectivity index (χ4v) is 2.59. The third-order valence-electron chi connectivity index (χ3n) is 2.85. The summed E-state index contributed by atoms with van der Waals surface area (Å²) in [4.78, 5) is 14.0. The minimum Gasteiger partial charge on any atom is -0.373 e. The zero-order chi connectivity index (χ0) is 13.1. The van der Waals surface area contributed by atoms with Crippen LogP contribution in [0.4, 0.5) is 4.39 Å². The molecule has 2 rings (SSSR count). The topological polar surface area (TPSA) is 55.6 Å². The molecule has 1 amide bonds. The Labute approximate surface area is 118 Å². The van der Waals surface area contributed by atoms with Crippen LogP contribution >= 0.6 is 22.6 Å². The number of amides is 1. The number of carbonyl (C=O) groups excluding carboxylic acids is 1. The summed E-state index contributed by atoms with van der Waals surface area (Å²) in [6.07, 6.45) is -0.110. The molecule has 0 saturated carbocycles. The van der Waals surface area contributed by atoms with Crippen LogP contribution < -0.4 is 5.73 Å². The summed E-state index contributed by atoms with van der Waals surface area (Å²) in [7, 11) is 0. The van der Waals surface area contributed by atoms with Crippen LogP contribution in [0.25, 0.3) is 0 Å². The van der Waals surface area contributed by atoms with Crippen molar-refractivity contribution < 1.29 is 13.9 Å². The average Bonchev–Trinajstić information content (AvgIpc) is 2.38. The second-order valence-electron chi connectivity index (χ2n) is 4.10. The van der Waals surface area contributed by atoms with Crippen molar-refractivity contribution in [1.29, 1.82) is 0 Å². The molecule has 0 aliphatic carbocycles. The SMILES string of the molecule is NCC1CN(C(=O)c2ccc(F)cc2I)CCO1. The predicted octanol–water partition coefficient (Wildman–Crippen LogP) is 1.23. The highest BCUT2D eigenvalue weighted by Crippen LogP contribution is 2.17. The highest BCUT2D eigenvalue weighted by molar-refractivity contribution is 14.1. The molecule has 18 heavy (non-hydrogen) atoms. The molecule has 1 aliphatic rings. The Balaban J connectivity index is 2.15. The molecule has 0 spiro atoms. The molecule has 1 fully saturated rings. The van der Waals surface area contributed by atoms with E-state index in [0.29, 0.717) is 35.4 Å². The van der Waals surface area contributed by atoms with Crippen molar-refractivity contribution in [3.63, 3.8) is 0 Å². The second kappa shape index (κ2) is 5.94. The Hall–Kier alpha value is -0.730. The summed E-state index contributed by atoms with van der Waals surface area (Å²) in [6, 6.07) is 4.18. The number of rotatable bonds is 2. The molecule has 0 bridgehead atoms. The van der Waals surface area contributed by atoms with Gasteiger partial charge in [0.25, 0.3) is 5.91 Å². The molecule has 4 nitrogen and oxygen atoms in total. The van der Waals surface area contributed by atoms with Gasteiger partial charge in [-0.1, -0.05) is 0 Å². The first kappa shape index (κ1) is 13.7. The lowest BCUT2D eigenvalue weighted by molar-refractivity contribution is -0.0167. The van der Waals surface area contributed by atoms with Crippen LogP contribution in [0, 0.1) is 9.39 Å². The molecule has 1 aromatic rings. The molecule has 98 valence electrons. The van der Waals surface area contributed by atoms with E-state index in [2.05, 4.69) is 0 Å². The first-order valence-electron chi connectivity index (χ1n) is 5.68. The number of nitrogens with zero attached hydrogens (tertiary/aromatic N) is 1. The Morgan fingerprint density at radius 3 is 3.06 bits per heavy atom. The summed E-state index contributed by atoms with van der Waals surface area (Å²) < 4.78 is 19.0. The van der Waals surface area contributed by atoms with Gasteiger partial charge in [0.15, 0.2) is 0 Å². The van der Waals surface area contributed by atoms with E-state index in [1.165, 1.54) is 18.2 Å². The summed E-state index contributed by atoms with van der Waals surface area (Å²) in [5.74, 6) is -0.432. The Morgan fingerprint density at radius 1 is 1.61 bits per heavy atom. The molecule has 2 N–H and O–H groups in total. The van der Waals surface area contributed by atoms with Gasteiger partial charge in [-0.3, -0.25) is 4.79 Å². The lowest BCUT2D eigenvalue weighted by Crippen LogP contribution is -2.48. The van der Waals surface area contributed by atoms with E-state index in [9.17, 15) is 9.18 Å². The summed E-state index contributed by atoms with van der Waals surface area (Å²) >= 11 is 1.97. The number of hydrogen-bond acceptors (Lipinski definition) is 3. The van der Waals surface area contributed by atoms with E-state index in [1.54, 1.807) is 4.90 Å². The van der Waals surface area contributed by atoms with Crippen molar-refractivity contribution in [2.75, 3.05) is 26.2 Å². The van der Waals surface area contributed by atoms with E-state index in [4.69, 9.17) is 10.5 Å². The van der Waals surface area contributed by atoms with Gasteiger partial charge in [-0.25, -0.2) is 4.39 Å². The number of morpholine rings is 1. The van der Waals surface area contributed by atoms with Crippen molar-refractivity contribution >= 4 is 28.5 Å². The molecule has 1 heterocycles. The highest BCUT2D eigenvalue weighted by Gasteiger charge is 2.25. The first-order valence-corrected chi connectivity index (χ1v) is 6.75. The zero-order valence-electron chi connectivity index (χ0n) is 9.73. The van der Waals surface area contributed by atoms with Crippen LogP contribution in [0.2, 0.25) is 0 Å². The van der Waals surface area contributed by atoms with E-state index >= 15 is 0 Å². The maximum atomic E-state index is 13.0. The largest absolute Gasteiger partial charge is 0.373 e. The Morgan fingerprint density at radius 2 is 2.39 bits per heavy atom. The third kappa shape index (κ3) is 2.99. The Kier molecular flexibility index (Phi) is 4.52. The van der Waals surface area contributed by atoms with Crippen molar-refractivity contribution in [2.24, 2.45) is 5.73 Å². The summed E-state index contributed by atoms with van der Waals surface area (Å²) in [5.41, 5.74) is 6.06. The number of carbonyl (C=O) groups is 1. The van der Waals surface area contributed by atoms with Crippen LogP contribution in [0.5, 0.6) is 0 Å². The molecule has 6 heteroatoms. The summed E-state index contributed by atoms with van der Waals surface area (Å²) in [6.45, 7) is 1.92. The van der Waals surface area contributed by atoms with Crippen LogP contribution in [-0.2, 0) is 4.74 Å². The van der Waals surface area contributed by atoms with Gasteiger partial charge >= 0.3 is 0 Å². The van der Waals surface area contributed by atoms with Crippen LogP contribution in [0.15, 0.2) is 18.2 Å². The standard InChI is InChI=1S/C12H14FIN2O2/c13-8-1-2-10(11(14)5-8)12(17)16-3-4-18-9(6-15)7-16/h1-2,5,9H,3-4,6-7,15H2. The molecule has 1 aromatic carbocycles. The van der Waals surface area contributed by atoms with Crippen molar-refractivity contribution in [3.05, 3.63) is 33.1 Å². The van der Waals surface area contributed by atoms with Gasteiger partial charge < -0.3 is 15.4 Å². The van der Waals surface area contributed by atoms with E-state index in [0.717, 1.165) is 0 Å². The van der Waals surface area contributed by atoms with Crippen molar-refractivity contribution in [2.45, 2.75) is 6.10 Å². The van der Waals surface area contributed by atoms with E-state index in [1.807, 2.05) is 22.6 Å². The van der Waals surface area contributed by atoms with Gasteiger partial charge in [0.1, 0.15) is 5.82 Å². The van der Waals surface area contributed by atoms with Gasteiger partial charge in [-0.15, -0.1) is 0 Å². The van der Waals surface area contributed by atoms with Crippen LogP contribution in [0.1, 0.15) is 10.4 Å². The lowest BCUT2D eigenvalue weighted by atomic mass is 10.1. The molecule has 1 saturated heterocycles. The molecule has 0 radical (unpaired) electrons. The lowest BCUT2D eigenvalue weighted by Gasteiger charge is -2.32. The van der Waals surface area contributed by atoms with Gasteiger partial charge in [0.2, 0.25) is 0 Å². The third-order valence-corrected chi connectivity index (χ3v) is 3.74. The fourth-order valence-electron chi connectivity index (χ4n) is 1.88. The monoisotopic (exact) mass is 364 g/mol. The van der Waals surface area contributed by atoms with Gasteiger partial charge in [0, 0.05) is 23.2 Å². The minimum absolute atomic E-state index is 0.0962. The quantitative estimate of drug-likeness (QED) is 0.804. The Bertz CT molecular complexity index is 456. The van der Waals surface area contributed by atoms with Gasteiger partial charge in [-0.2, -0.15) is 0 Å². The van der Waals surface area contributed by atoms with Crippen molar-refractivity contribution in [3.8, 4) is 0 Å². The summed E-state index contributed by atoms with van der Waals surface area (Å²) in [5, 5.41) is 0. The highest BCUT2D eigenvalue weighted by atomic mass is 127. The van der Waals surface area contributed by atoms with Crippen LogP contribution in [-0.4, -0.2) is 43.2 Å². The van der Waals surface area contributed by atoms with Gasteiger partial charge in [-0.05, 0) is 40.8 Å². The molecule has 0 aromatic heterocycles. The molecule has 1 unspecified atom stereocenters. The van der Waals surface area contributed by atoms with E-state index < -0.39 is 0 Å². The van der Waals surface area contributed by atoms with Gasteiger partial charge in [0.05, 0.1) is 18.3 Å². The maximum Gasteiger partial charge on any atom is 0.255 e. The number of hydrogen-bond donors (Lipinski definition) is 1. The molecule has 1 atom stereocenters. The molecule has 1 aliphatic heterocycles. The predicted molar refractivity (Wildman–Crippen MR) is 73.8 cm³/mol. The maximum absolute atomic E-state index is 13.0. The minimum atomic E-state index is -0.335. The zero-order valence-corrected chi connectivity index (χ0v) is 11.9. The van der Waals surface area contributed by atoms with E-state index in [-0.39, 0.29) is 17.8 Å². The number of halogens is 2. The first-order chi connectivity index (χ1) is 8.61. The number of benzene rings is 1. The van der Waals surface area contributed by atoms with Crippen LogP contribution in [0.3, 0.4) is 0 Å². The number of nitrogens with two attached hydrogens (primary N) is 1. The smallest absolute Gasteiger partial charge is 0.255 e. The fraction of sp³-hybridized carbons (Fsp3) is 0.417. The average molecular weight is 364 g/mol. The number of ether oxygens (including phenoxy) is 1. The van der Waals surface area contributed by atoms with Crippen molar-refractivity contribution in [1.82, 2.24) is 4.90 Å². The second-order valence-corrected chi connectivity index (χ2v) is 5.27. The molecular formula is C12H14FIN2O2.